The zero-order chi connectivity index (χ0) is 15.2. The molecule has 116 valence electrons. The molecular formula is C15H25BN2O3. The maximum absolute atomic E-state index is 9.13. The van der Waals surface area contributed by atoms with E-state index in [0.717, 1.165) is 13.1 Å². The monoisotopic (exact) mass is 292 g/mol. The van der Waals surface area contributed by atoms with Gasteiger partial charge in [0.2, 0.25) is 0 Å². The predicted octanol–water partition coefficient (Wildman–Crippen LogP) is -0.229. The first-order valence-corrected chi connectivity index (χ1v) is 7.54. The van der Waals surface area contributed by atoms with Gasteiger partial charge in [0.05, 0.1) is 0 Å². The van der Waals surface area contributed by atoms with Crippen molar-refractivity contribution in [3.8, 4) is 5.75 Å². The standard InChI is InChI=1S/C15H25BN2O3/c1-17(12-14-6-4-8-18(14)2)9-10-21-15-7-3-5-13(11-15)16(19)20/h3,5,7,11,14,19-20H,4,6,8-10,12H2,1-2H3. The first kappa shape index (κ1) is 16.3. The van der Waals surface area contributed by atoms with Crippen LogP contribution in [0.1, 0.15) is 12.8 Å². The van der Waals surface area contributed by atoms with E-state index in [4.69, 9.17) is 14.8 Å². The quantitative estimate of drug-likeness (QED) is 0.680. The van der Waals surface area contributed by atoms with Crippen molar-refractivity contribution >= 4 is 12.6 Å². The van der Waals surface area contributed by atoms with Gasteiger partial charge in [0.15, 0.2) is 0 Å². The van der Waals surface area contributed by atoms with Crippen LogP contribution in [0.5, 0.6) is 5.75 Å². The summed E-state index contributed by atoms with van der Waals surface area (Å²) in [6, 6.07) is 7.58. The molecule has 0 aromatic heterocycles. The third-order valence-electron chi connectivity index (χ3n) is 4.09. The lowest BCUT2D eigenvalue weighted by Crippen LogP contribution is -2.38. The average Bonchev–Trinajstić information content (AvgIpc) is 2.84. The number of hydrogen-bond acceptors (Lipinski definition) is 5. The van der Waals surface area contributed by atoms with Crippen LogP contribution in [0.3, 0.4) is 0 Å². The highest BCUT2D eigenvalue weighted by Crippen LogP contribution is 2.15. The molecule has 0 radical (unpaired) electrons. The molecule has 1 heterocycles. The fourth-order valence-corrected chi connectivity index (χ4v) is 2.75. The van der Waals surface area contributed by atoms with Gasteiger partial charge in [0.25, 0.3) is 0 Å². The normalized spacial score (nSPS) is 19.2. The van der Waals surface area contributed by atoms with Gasteiger partial charge in [-0.1, -0.05) is 12.1 Å². The third kappa shape index (κ3) is 5.00. The van der Waals surface area contributed by atoms with E-state index in [1.54, 1.807) is 18.2 Å². The van der Waals surface area contributed by atoms with Gasteiger partial charge in [-0.05, 0) is 51.1 Å². The molecule has 0 aliphatic carbocycles. The lowest BCUT2D eigenvalue weighted by Gasteiger charge is -2.25. The summed E-state index contributed by atoms with van der Waals surface area (Å²) in [6.45, 7) is 3.72. The van der Waals surface area contributed by atoms with Crippen molar-refractivity contribution in [1.29, 1.82) is 0 Å². The Bertz CT molecular complexity index is 445. The summed E-state index contributed by atoms with van der Waals surface area (Å²) in [5.41, 5.74) is 0.452. The average molecular weight is 292 g/mol. The van der Waals surface area contributed by atoms with Crippen LogP contribution in [0.15, 0.2) is 24.3 Å². The van der Waals surface area contributed by atoms with Gasteiger partial charge in [0, 0.05) is 19.1 Å². The van der Waals surface area contributed by atoms with Crippen LogP contribution in [-0.2, 0) is 0 Å². The zero-order valence-electron chi connectivity index (χ0n) is 12.9. The van der Waals surface area contributed by atoms with Crippen molar-refractivity contribution in [2.45, 2.75) is 18.9 Å². The summed E-state index contributed by atoms with van der Waals surface area (Å²) in [4.78, 5) is 4.71. The fourth-order valence-electron chi connectivity index (χ4n) is 2.75. The van der Waals surface area contributed by atoms with Crippen molar-refractivity contribution in [3.05, 3.63) is 24.3 Å². The lowest BCUT2D eigenvalue weighted by molar-refractivity contribution is 0.190. The highest BCUT2D eigenvalue weighted by Gasteiger charge is 2.21. The van der Waals surface area contributed by atoms with Gasteiger partial charge in [-0.3, -0.25) is 0 Å². The Hall–Kier alpha value is -1.08. The van der Waals surface area contributed by atoms with E-state index in [2.05, 4.69) is 23.9 Å². The van der Waals surface area contributed by atoms with E-state index in [0.29, 0.717) is 23.9 Å². The smallest absolute Gasteiger partial charge is 0.488 e. The molecule has 2 N–H and O–H groups in total. The number of benzene rings is 1. The third-order valence-corrected chi connectivity index (χ3v) is 4.09. The molecule has 1 aromatic carbocycles. The molecule has 0 bridgehead atoms. The molecule has 1 aliphatic heterocycles. The van der Waals surface area contributed by atoms with Crippen molar-refractivity contribution in [1.82, 2.24) is 9.80 Å². The SMILES string of the molecule is CN(CCOc1cccc(B(O)O)c1)CC1CCCN1C. The summed E-state index contributed by atoms with van der Waals surface area (Å²) in [5, 5.41) is 18.3. The number of likely N-dealkylation sites (N-methyl/N-ethyl adjacent to an activating group) is 2. The number of nitrogens with zero attached hydrogens (tertiary/aromatic N) is 2. The first-order valence-electron chi connectivity index (χ1n) is 7.54. The molecule has 1 unspecified atom stereocenters. The molecule has 1 aromatic rings. The van der Waals surface area contributed by atoms with Crippen LogP contribution in [-0.4, -0.2) is 73.3 Å². The minimum atomic E-state index is -1.45. The van der Waals surface area contributed by atoms with E-state index in [9.17, 15) is 0 Å². The molecule has 21 heavy (non-hydrogen) atoms. The Morgan fingerprint density at radius 2 is 2.24 bits per heavy atom. The molecular weight excluding hydrogens is 267 g/mol. The van der Waals surface area contributed by atoms with E-state index in [-0.39, 0.29) is 0 Å². The molecule has 0 spiro atoms. The van der Waals surface area contributed by atoms with Gasteiger partial charge < -0.3 is 24.6 Å². The summed E-state index contributed by atoms with van der Waals surface area (Å²) < 4.78 is 5.68. The van der Waals surface area contributed by atoms with E-state index in [1.807, 2.05) is 6.07 Å². The van der Waals surface area contributed by atoms with Crippen LogP contribution in [0.25, 0.3) is 0 Å². The second-order valence-electron chi connectivity index (χ2n) is 5.83. The van der Waals surface area contributed by atoms with Crippen LogP contribution in [0, 0.1) is 0 Å². The van der Waals surface area contributed by atoms with E-state index < -0.39 is 7.12 Å². The summed E-state index contributed by atoms with van der Waals surface area (Å²) >= 11 is 0. The first-order chi connectivity index (χ1) is 10.1. The van der Waals surface area contributed by atoms with Gasteiger partial charge in [-0.2, -0.15) is 0 Å². The molecule has 5 nitrogen and oxygen atoms in total. The topological polar surface area (TPSA) is 56.2 Å². The minimum absolute atomic E-state index is 0.452. The van der Waals surface area contributed by atoms with Crippen LogP contribution >= 0.6 is 0 Å². The molecule has 1 atom stereocenters. The summed E-state index contributed by atoms with van der Waals surface area (Å²) in [7, 11) is 2.85. The van der Waals surface area contributed by atoms with Crippen molar-refractivity contribution in [2.24, 2.45) is 0 Å². The van der Waals surface area contributed by atoms with Gasteiger partial charge in [-0.25, -0.2) is 0 Å². The second-order valence-corrected chi connectivity index (χ2v) is 5.83. The number of rotatable bonds is 7. The Balaban J connectivity index is 1.72. The molecule has 1 saturated heterocycles. The maximum atomic E-state index is 9.13. The summed E-state index contributed by atoms with van der Waals surface area (Å²) in [6.07, 6.45) is 2.57. The molecule has 6 heteroatoms. The van der Waals surface area contributed by atoms with Crippen molar-refractivity contribution < 1.29 is 14.8 Å². The highest BCUT2D eigenvalue weighted by molar-refractivity contribution is 6.58. The van der Waals surface area contributed by atoms with Gasteiger partial charge in [-0.15, -0.1) is 0 Å². The molecule has 2 rings (SSSR count). The van der Waals surface area contributed by atoms with E-state index in [1.165, 1.54) is 19.4 Å². The number of hydrogen-bond donors (Lipinski definition) is 2. The zero-order valence-corrected chi connectivity index (χ0v) is 12.9. The highest BCUT2D eigenvalue weighted by atomic mass is 16.5. The van der Waals surface area contributed by atoms with Crippen molar-refractivity contribution in [3.63, 3.8) is 0 Å². The lowest BCUT2D eigenvalue weighted by atomic mass is 9.80. The Labute approximate surface area is 127 Å². The number of likely N-dealkylation sites (tertiary alicyclic amines) is 1. The van der Waals surface area contributed by atoms with Crippen LogP contribution < -0.4 is 10.2 Å². The van der Waals surface area contributed by atoms with Crippen LogP contribution in [0.2, 0.25) is 0 Å². The van der Waals surface area contributed by atoms with E-state index >= 15 is 0 Å². The summed E-state index contributed by atoms with van der Waals surface area (Å²) in [5.74, 6) is 0.673. The molecule has 1 fully saturated rings. The largest absolute Gasteiger partial charge is 0.492 e. The molecule has 0 saturated carbocycles. The predicted molar refractivity (Wildman–Crippen MR) is 84.9 cm³/mol. The Morgan fingerprint density at radius 3 is 2.90 bits per heavy atom. The Morgan fingerprint density at radius 1 is 1.43 bits per heavy atom. The fraction of sp³-hybridized carbons (Fsp3) is 0.600. The second kappa shape index (κ2) is 7.80. The minimum Gasteiger partial charge on any atom is -0.492 e. The molecule has 0 amide bonds. The maximum Gasteiger partial charge on any atom is 0.488 e. The van der Waals surface area contributed by atoms with Crippen molar-refractivity contribution in [2.75, 3.05) is 40.3 Å². The molecule has 1 aliphatic rings. The number of ether oxygens (including phenoxy) is 1. The van der Waals surface area contributed by atoms with Crippen LogP contribution in [0.4, 0.5) is 0 Å². The Kier molecular flexibility index (Phi) is 6.05. The van der Waals surface area contributed by atoms with Gasteiger partial charge in [0.1, 0.15) is 12.4 Å². The van der Waals surface area contributed by atoms with Gasteiger partial charge >= 0.3 is 7.12 Å².